The van der Waals surface area contributed by atoms with Gasteiger partial charge in [0.15, 0.2) is 0 Å². The van der Waals surface area contributed by atoms with Crippen molar-refractivity contribution in [1.82, 2.24) is 10.6 Å². The maximum Gasteiger partial charge on any atom is 0.319 e. The summed E-state index contributed by atoms with van der Waals surface area (Å²) in [5.74, 6) is 0. The van der Waals surface area contributed by atoms with Gasteiger partial charge in [0.2, 0.25) is 0 Å². The first-order chi connectivity index (χ1) is 4.24. The van der Waals surface area contributed by atoms with E-state index in [1.165, 1.54) is 0 Å². The SMILES string of the molecule is C=CC1NC(=O)NC1=C. The monoisotopic (exact) mass is 124 g/mol. The van der Waals surface area contributed by atoms with Gasteiger partial charge in [0, 0.05) is 5.70 Å². The number of nitrogens with one attached hydrogen (secondary N) is 2. The maximum absolute atomic E-state index is 10.5. The van der Waals surface area contributed by atoms with Crippen molar-refractivity contribution < 1.29 is 4.79 Å². The van der Waals surface area contributed by atoms with Crippen LogP contribution in [0.15, 0.2) is 24.9 Å². The van der Waals surface area contributed by atoms with Gasteiger partial charge in [-0.2, -0.15) is 0 Å². The Morgan fingerprint density at radius 3 is 2.56 bits per heavy atom. The third-order valence-corrected chi connectivity index (χ3v) is 1.17. The highest BCUT2D eigenvalue weighted by atomic mass is 16.2. The van der Waals surface area contributed by atoms with E-state index in [0.717, 1.165) is 0 Å². The van der Waals surface area contributed by atoms with E-state index in [4.69, 9.17) is 0 Å². The smallest absolute Gasteiger partial charge is 0.319 e. The topological polar surface area (TPSA) is 41.1 Å². The lowest BCUT2D eigenvalue weighted by Crippen LogP contribution is -2.24. The van der Waals surface area contributed by atoms with Crippen LogP contribution in [0.3, 0.4) is 0 Å². The zero-order chi connectivity index (χ0) is 6.85. The summed E-state index contributed by atoms with van der Waals surface area (Å²) in [6.07, 6.45) is 1.63. The van der Waals surface area contributed by atoms with Gasteiger partial charge in [0.25, 0.3) is 0 Å². The predicted molar refractivity (Wildman–Crippen MR) is 34.8 cm³/mol. The Kier molecular flexibility index (Phi) is 1.26. The van der Waals surface area contributed by atoms with Crippen LogP contribution in [-0.2, 0) is 0 Å². The Labute approximate surface area is 53.4 Å². The molecule has 1 unspecified atom stereocenters. The largest absolute Gasteiger partial charge is 0.326 e. The molecule has 2 N–H and O–H groups in total. The molecule has 2 amide bonds. The van der Waals surface area contributed by atoms with Gasteiger partial charge in [-0.15, -0.1) is 6.58 Å². The highest BCUT2D eigenvalue weighted by Crippen LogP contribution is 2.02. The molecule has 3 nitrogen and oxygen atoms in total. The highest BCUT2D eigenvalue weighted by Gasteiger charge is 2.20. The molecule has 1 heterocycles. The van der Waals surface area contributed by atoms with Crippen LogP contribution in [0.5, 0.6) is 0 Å². The second kappa shape index (κ2) is 1.93. The van der Waals surface area contributed by atoms with E-state index in [1.54, 1.807) is 6.08 Å². The molecule has 0 aromatic heterocycles. The number of carbonyl (C=O) groups is 1. The van der Waals surface area contributed by atoms with Crippen LogP contribution in [0.4, 0.5) is 4.79 Å². The zero-order valence-corrected chi connectivity index (χ0v) is 4.98. The second-order valence-corrected chi connectivity index (χ2v) is 1.84. The van der Waals surface area contributed by atoms with Gasteiger partial charge < -0.3 is 10.6 Å². The summed E-state index contributed by atoms with van der Waals surface area (Å²) < 4.78 is 0. The molecule has 0 spiro atoms. The quantitative estimate of drug-likeness (QED) is 0.487. The molecule has 0 aliphatic carbocycles. The molecule has 0 bridgehead atoms. The average Bonchev–Trinajstić information content (AvgIpc) is 2.10. The second-order valence-electron chi connectivity index (χ2n) is 1.84. The molecule has 0 aromatic carbocycles. The van der Waals surface area contributed by atoms with Crippen molar-refractivity contribution in [3.8, 4) is 0 Å². The van der Waals surface area contributed by atoms with E-state index in [9.17, 15) is 4.79 Å². The van der Waals surface area contributed by atoms with Crippen molar-refractivity contribution in [2.75, 3.05) is 0 Å². The van der Waals surface area contributed by atoms with Gasteiger partial charge >= 0.3 is 6.03 Å². The molecule has 0 radical (unpaired) electrons. The molecule has 0 saturated carbocycles. The Balaban J connectivity index is 2.68. The van der Waals surface area contributed by atoms with Crippen LogP contribution in [0.1, 0.15) is 0 Å². The summed E-state index contributed by atoms with van der Waals surface area (Å²) in [7, 11) is 0. The molecule has 1 fully saturated rings. The van der Waals surface area contributed by atoms with Gasteiger partial charge in [0.1, 0.15) is 0 Å². The Morgan fingerprint density at radius 1 is 1.67 bits per heavy atom. The van der Waals surface area contributed by atoms with Crippen LogP contribution in [0.2, 0.25) is 0 Å². The molecule has 9 heavy (non-hydrogen) atoms. The standard InChI is InChI=1S/C6H8N2O/c1-3-5-4(2)7-6(9)8-5/h3,5H,1-2H2,(H2,7,8,9). The van der Waals surface area contributed by atoms with Crippen LogP contribution in [-0.4, -0.2) is 12.1 Å². The van der Waals surface area contributed by atoms with E-state index >= 15 is 0 Å². The first kappa shape index (κ1) is 5.88. The molecule has 1 aliphatic heterocycles. The van der Waals surface area contributed by atoms with Gasteiger partial charge in [-0.1, -0.05) is 12.7 Å². The zero-order valence-electron chi connectivity index (χ0n) is 4.98. The molecule has 48 valence electrons. The Hall–Kier alpha value is -1.25. The summed E-state index contributed by atoms with van der Waals surface area (Å²) in [6, 6.07) is -0.303. The van der Waals surface area contributed by atoms with Gasteiger partial charge in [-0.3, -0.25) is 0 Å². The van der Waals surface area contributed by atoms with E-state index in [-0.39, 0.29) is 12.1 Å². The minimum absolute atomic E-state index is 0.0995. The summed E-state index contributed by atoms with van der Waals surface area (Å²) in [4.78, 5) is 10.5. The number of hydrogen-bond donors (Lipinski definition) is 2. The molecular weight excluding hydrogens is 116 g/mol. The first-order valence-corrected chi connectivity index (χ1v) is 2.63. The molecular formula is C6H8N2O. The fourth-order valence-corrected chi connectivity index (χ4v) is 0.689. The summed E-state index contributed by atoms with van der Waals surface area (Å²) in [6.45, 7) is 7.10. The minimum atomic E-state index is -0.204. The average molecular weight is 124 g/mol. The van der Waals surface area contributed by atoms with Crippen molar-refractivity contribution in [1.29, 1.82) is 0 Å². The van der Waals surface area contributed by atoms with Gasteiger partial charge in [-0.05, 0) is 0 Å². The molecule has 1 rings (SSSR count). The predicted octanol–water partition coefficient (Wildman–Crippen LogP) is 0.368. The lowest BCUT2D eigenvalue weighted by molar-refractivity contribution is 0.248. The fraction of sp³-hybridized carbons (Fsp3) is 0.167. The minimum Gasteiger partial charge on any atom is -0.326 e. The summed E-state index contributed by atoms with van der Waals surface area (Å²) in [5, 5.41) is 5.09. The number of amides is 2. The molecule has 1 saturated heterocycles. The number of urea groups is 1. The number of rotatable bonds is 1. The number of carbonyl (C=O) groups excluding carboxylic acids is 1. The Bertz CT molecular complexity index is 174. The van der Waals surface area contributed by atoms with Crippen molar-refractivity contribution in [3.05, 3.63) is 24.9 Å². The normalized spacial score (nSPS) is 25.1. The molecule has 1 aliphatic rings. The van der Waals surface area contributed by atoms with Crippen LogP contribution in [0.25, 0.3) is 0 Å². The summed E-state index contributed by atoms with van der Waals surface area (Å²) >= 11 is 0. The van der Waals surface area contributed by atoms with Crippen LogP contribution < -0.4 is 10.6 Å². The van der Waals surface area contributed by atoms with Crippen LogP contribution >= 0.6 is 0 Å². The number of hydrogen-bond acceptors (Lipinski definition) is 1. The third kappa shape index (κ3) is 0.937. The van der Waals surface area contributed by atoms with E-state index in [0.29, 0.717) is 5.70 Å². The lowest BCUT2D eigenvalue weighted by atomic mass is 10.2. The van der Waals surface area contributed by atoms with E-state index < -0.39 is 0 Å². The molecule has 0 aromatic rings. The third-order valence-electron chi connectivity index (χ3n) is 1.17. The van der Waals surface area contributed by atoms with Crippen molar-refractivity contribution in [2.24, 2.45) is 0 Å². The van der Waals surface area contributed by atoms with Crippen molar-refractivity contribution in [2.45, 2.75) is 6.04 Å². The first-order valence-electron chi connectivity index (χ1n) is 2.63. The van der Waals surface area contributed by atoms with Gasteiger partial charge in [-0.25, -0.2) is 4.79 Å². The van der Waals surface area contributed by atoms with Crippen LogP contribution in [0, 0.1) is 0 Å². The van der Waals surface area contributed by atoms with E-state index in [2.05, 4.69) is 23.8 Å². The van der Waals surface area contributed by atoms with Crippen molar-refractivity contribution in [3.63, 3.8) is 0 Å². The molecule has 1 atom stereocenters. The summed E-state index contributed by atoms with van der Waals surface area (Å²) in [5.41, 5.74) is 0.662. The fourth-order valence-electron chi connectivity index (χ4n) is 0.689. The lowest BCUT2D eigenvalue weighted by Gasteiger charge is -1.99. The molecule has 3 heteroatoms. The van der Waals surface area contributed by atoms with Crippen molar-refractivity contribution >= 4 is 6.03 Å². The van der Waals surface area contributed by atoms with Gasteiger partial charge in [0.05, 0.1) is 6.04 Å². The Morgan fingerprint density at radius 2 is 2.33 bits per heavy atom. The maximum atomic E-state index is 10.5. The highest BCUT2D eigenvalue weighted by molar-refractivity contribution is 5.80. The van der Waals surface area contributed by atoms with E-state index in [1.807, 2.05) is 0 Å².